The molecule has 1 aromatic carbocycles. The van der Waals surface area contributed by atoms with Gasteiger partial charge in [-0.1, -0.05) is 37.3 Å². The highest BCUT2D eigenvalue weighted by Crippen LogP contribution is 2.22. The lowest BCUT2D eigenvalue weighted by Crippen LogP contribution is -2.38. The van der Waals surface area contributed by atoms with Crippen LogP contribution in [0.3, 0.4) is 0 Å². The molecule has 1 aliphatic rings. The van der Waals surface area contributed by atoms with Gasteiger partial charge in [-0.25, -0.2) is 4.98 Å². The molecule has 1 amide bonds. The summed E-state index contributed by atoms with van der Waals surface area (Å²) in [6.07, 6.45) is 5.78. The number of benzene rings is 1. The van der Waals surface area contributed by atoms with Crippen LogP contribution >= 0.6 is 0 Å². The first-order valence-corrected chi connectivity index (χ1v) is 9.00. The fourth-order valence-electron chi connectivity index (χ4n) is 3.52. The fraction of sp³-hybridized carbons (Fsp3) is 0.500. The van der Waals surface area contributed by atoms with Crippen LogP contribution in [0.1, 0.15) is 43.3 Å². The highest BCUT2D eigenvalue weighted by Gasteiger charge is 2.23. The molecule has 4 nitrogen and oxygen atoms in total. The maximum atomic E-state index is 11.8. The number of carbonyl (C=O) groups is 1. The van der Waals surface area contributed by atoms with Crippen molar-refractivity contribution in [3.8, 4) is 0 Å². The predicted molar refractivity (Wildman–Crippen MR) is 95.8 cm³/mol. The van der Waals surface area contributed by atoms with Gasteiger partial charge < -0.3 is 9.47 Å². The molecule has 0 aliphatic carbocycles. The lowest BCUT2D eigenvalue weighted by molar-refractivity contribution is -0.132. The zero-order chi connectivity index (χ0) is 16.9. The monoisotopic (exact) mass is 325 g/mol. The van der Waals surface area contributed by atoms with E-state index in [1.165, 1.54) is 17.1 Å². The van der Waals surface area contributed by atoms with Crippen molar-refractivity contribution in [3.63, 3.8) is 0 Å². The van der Waals surface area contributed by atoms with Crippen molar-refractivity contribution in [2.45, 2.75) is 46.1 Å². The number of carbonyl (C=O) groups excluding carboxylic acids is 1. The zero-order valence-corrected chi connectivity index (χ0v) is 14.7. The first-order valence-electron chi connectivity index (χ1n) is 9.00. The summed E-state index contributed by atoms with van der Waals surface area (Å²) in [7, 11) is 0. The molecule has 0 atom stereocenters. The van der Waals surface area contributed by atoms with Crippen LogP contribution in [0.15, 0.2) is 36.5 Å². The van der Waals surface area contributed by atoms with Gasteiger partial charge in [-0.15, -0.1) is 0 Å². The molecule has 0 radical (unpaired) electrons. The van der Waals surface area contributed by atoms with E-state index in [0.717, 1.165) is 38.9 Å². The van der Waals surface area contributed by atoms with E-state index in [-0.39, 0.29) is 5.91 Å². The maximum Gasteiger partial charge on any atom is 0.222 e. The molecule has 2 heterocycles. The van der Waals surface area contributed by atoms with Gasteiger partial charge >= 0.3 is 0 Å². The Labute approximate surface area is 144 Å². The molecule has 0 N–H and O–H groups in total. The Kier molecular flexibility index (Phi) is 5.34. The molecule has 0 bridgehead atoms. The average Bonchev–Trinajstić information content (AvgIpc) is 2.96. The number of aromatic nitrogens is 2. The van der Waals surface area contributed by atoms with Gasteiger partial charge in [0.25, 0.3) is 0 Å². The molecule has 128 valence electrons. The molecule has 0 saturated carbocycles. The van der Waals surface area contributed by atoms with E-state index < -0.39 is 0 Å². The van der Waals surface area contributed by atoms with Crippen molar-refractivity contribution < 1.29 is 4.79 Å². The number of nitrogens with zero attached hydrogens (tertiary/aromatic N) is 3. The fourth-order valence-corrected chi connectivity index (χ4v) is 3.52. The van der Waals surface area contributed by atoms with E-state index in [1.807, 2.05) is 18.0 Å². The Bertz CT molecular complexity index is 669. The summed E-state index contributed by atoms with van der Waals surface area (Å²) >= 11 is 0. The van der Waals surface area contributed by atoms with Crippen LogP contribution in [-0.2, 0) is 17.8 Å². The Morgan fingerprint density at radius 3 is 2.58 bits per heavy atom. The second-order valence-corrected chi connectivity index (χ2v) is 6.77. The molecule has 1 saturated heterocycles. The van der Waals surface area contributed by atoms with Crippen LogP contribution in [0.2, 0.25) is 0 Å². The lowest BCUT2D eigenvalue weighted by Gasteiger charge is -2.31. The van der Waals surface area contributed by atoms with E-state index in [9.17, 15) is 4.79 Å². The Morgan fingerprint density at radius 1 is 1.21 bits per heavy atom. The van der Waals surface area contributed by atoms with Crippen molar-refractivity contribution in [2.24, 2.45) is 5.92 Å². The van der Waals surface area contributed by atoms with Crippen LogP contribution in [-0.4, -0.2) is 33.4 Å². The van der Waals surface area contributed by atoms with E-state index in [0.29, 0.717) is 12.3 Å². The van der Waals surface area contributed by atoms with E-state index >= 15 is 0 Å². The molecular weight excluding hydrogens is 298 g/mol. The summed E-state index contributed by atoms with van der Waals surface area (Å²) in [5, 5.41) is 0. The van der Waals surface area contributed by atoms with Gasteiger partial charge in [0.1, 0.15) is 5.82 Å². The maximum absolute atomic E-state index is 11.8. The second-order valence-electron chi connectivity index (χ2n) is 6.77. The van der Waals surface area contributed by atoms with E-state index in [2.05, 4.69) is 46.8 Å². The highest BCUT2D eigenvalue weighted by atomic mass is 16.2. The molecule has 1 aliphatic heterocycles. The highest BCUT2D eigenvalue weighted by molar-refractivity contribution is 5.75. The zero-order valence-electron chi connectivity index (χ0n) is 14.7. The molecule has 4 heteroatoms. The van der Waals surface area contributed by atoms with Crippen molar-refractivity contribution in [1.82, 2.24) is 14.5 Å². The first kappa shape index (κ1) is 16.7. The second kappa shape index (κ2) is 7.65. The number of hydrogen-bond acceptors (Lipinski definition) is 2. The van der Waals surface area contributed by atoms with Crippen LogP contribution in [0.25, 0.3) is 0 Å². The quantitative estimate of drug-likeness (QED) is 0.845. The number of likely N-dealkylation sites (tertiary alicyclic amines) is 1. The molecule has 1 aromatic heterocycles. The molecular formula is C20H27N3O. The smallest absolute Gasteiger partial charge is 0.222 e. The molecule has 0 unspecified atom stereocenters. The van der Waals surface area contributed by atoms with Crippen LogP contribution < -0.4 is 0 Å². The molecule has 0 spiro atoms. The summed E-state index contributed by atoms with van der Waals surface area (Å²) in [6, 6.07) is 10.6. The van der Waals surface area contributed by atoms with E-state index in [4.69, 9.17) is 0 Å². The van der Waals surface area contributed by atoms with Gasteiger partial charge in [0.05, 0.1) is 0 Å². The van der Waals surface area contributed by atoms with Gasteiger partial charge in [-0.05, 0) is 31.2 Å². The summed E-state index contributed by atoms with van der Waals surface area (Å²) < 4.78 is 2.33. The van der Waals surface area contributed by atoms with Crippen LogP contribution in [0.4, 0.5) is 0 Å². The average molecular weight is 325 g/mol. The predicted octanol–water partition coefficient (Wildman–Crippen LogP) is 3.43. The lowest BCUT2D eigenvalue weighted by atomic mass is 9.93. The first-order chi connectivity index (χ1) is 11.7. The molecule has 2 aromatic rings. The SMILES string of the molecule is CCC(=O)N1CCC(Cc2ncc(C)n2Cc2ccccc2)CC1. The van der Waals surface area contributed by atoms with Crippen LogP contribution in [0.5, 0.6) is 0 Å². The van der Waals surface area contributed by atoms with Gasteiger partial charge in [0, 0.05) is 44.4 Å². The van der Waals surface area contributed by atoms with E-state index in [1.54, 1.807) is 0 Å². The summed E-state index contributed by atoms with van der Waals surface area (Å²) in [4.78, 5) is 18.5. The van der Waals surface area contributed by atoms with Gasteiger partial charge in [-0.3, -0.25) is 4.79 Å². The van der Waals surface area contributed by atoms with Crippen molar-refractivity contribution in [1.29, 1.82) is 0 Å². The Morgan fingerprint density at radius 2 is 1.92 bits per heavy atom. The Balaban J connectivity index is 1.63. The van der Waals surface area contributed by atoms with Gasteiger partial charge in [0.15, 0.2) is 0 Å². The minimum Gasteiger partial charge on any atom is -0.343 e. The summed E-state index contributed by atoms with van der Waals surface area (Å²) in [5.41, 5.74) is 2.52. The minimum absolute atomic E-state index is 0.287. The topological polar surface area (TPSA) is 38.1 Å². The summed E-state index contributed by atoms with van der Waals surface area (Å²) in [6.45, 7) is 6.75. The van der Waals surface area contributed by atoms with Gasteiger partial charge in [-0.2, -0.15) is 0 Å². The number of piperidine rings is 1. The largest absolute Gasteiger partial charge is 0.343 e. The molecule has 1 fully saturated rings. The number of imidazole rings is 1. The third-order valence-electron chi connectivity index (χ3n) is 5.06. The van der Waals surface area contributed by atoms with Crippen molar-refractivity contribution in [3.05, 3.63) is 53.6 Å². The number of aryl methyl sites for hydroxylation is 1. The normalized spacial score (nSPS) is 15.7. The number of amides is 1. The number of hydrogen-bond donors (Lipinski definition) is 0. The molecule has 3 rings (SSSR count). The van der Waals surface area contributed by atoms with Crippen LogP contribution in [0, 0.1) is 12.8 Å². The van der Waals surface area contributed by atoms with Crippen molar-refractivity contribution >= 4 is 5.91 Å². The van der Waals surface area contributed by atoms with Crippen molar-refractivity contribution in [2.75, 3.05) is 13.1 Å². The molecule has 24 heavy (non-hydrogen) atoms. The third kappa shape index (κ3) is 3.86. The third-order valence-corrected chi connectivity index (χ3v) is 5.06. The standard InChI is InChI=1S/C20H27N3O/c1-3-20(24)22-11-9-17(10-12-22)13-19-21-14-16(2)23(19)15-18-7-5-4-6-8-18/h4-8,14,17H,3,9-13,15H2,1-2H3. The van der Waals surface area contributed by atoms with Gasteiger partial charge in [0.2, 0.25) is 5.91 Å². The summed E-state index contributed by atoms with van der Waals surface area (Å²) in [5.74, 6) is 2.09. The Hall–Kier alpha value is -2.10. The number of rotatable bonds is 5. The minimum atomic E-state index is 0.287.